The van der Waals surface area contributed by atoms with Crippen molar-refractivity contribution in [3.63, 3.8) is 0 Å². The summed E-state index contributed by atoms with van der Waals surface area (Å²) in [5.74, 6) is 0.868. The van der Waals surface area contributed by atoms with Crippen LogP contribution >= 0.6 is 11.6 Å². The number of nitrogens with zero attached hydrogens (tertiary/aromatic N) is 3. The van der Waals surface area contributed by atoms with Crippen molar-refractivity contribution in [2.45, 2.75) is 13.0 Å². The highest BCUT2D eigenvalue weighted by atomic mass is 35.5. The van der Waals surface area contributed by atoms with Gasteiger partial charge in [0.05, 0.1) is 23.2 Å². The van der Waals surface area contributed by atoms with Crippen LogP contribution in [0.4, 0.5) is 11.4 Å². The maximum Gasteiger partial charge on any atom is 0.293 e. The zero-order valence-corrected chi connectivity index (χ0v) is 17.4. The monoisotopic (exact) mass is 442 g/mol. The van der Waals surface area contributed by atoms with Crippen molar-refractivity contribution in [2.75, 3.05) is 18.5 Å². The average molecular weight is 443 g/mol. The number of ketones is 1. The highest BCUT2D eigenvalue weighted by molar-refractivity contribution is 6.32. The van der Waals surface area contributed by atoms with Gasteiger partial charge in [0.1, 0.15) is 5.69 Å². The minimum Gasteiger partial charge on any atom is -0.489 e. The zero-order chi connectivity index (χ0) is 22.0. The molecule has 1 aliphatic heterocycles. The lowest BCUT2D eigenvalue weighted by molar-refractivity contribution is -0.384. The predicted octanol–water partition coefficient (Wildman–Crippen LogP) is 3.99. The number of nitrogens with one attached hydrogen (secondary N) is 1. The first-order chi connectivity index (χ1) is 14.9. The number of imidazole rings is 1. The molecule has 160 valence electrons. The molecular weight excluding hydrogens is 424 g/mol. The molecule has 3 aromatic rings. The zero-order valence-electron chi connectivity index (χ0n) is 16.6. The molecule has 0 saturated carbocycles. The molecule has 9 nitrogen and oxygen atoms in total. The number of fused-ring (bicyclic) bond motifs is 1. The lowest BCUT2D eigenvalue weighted by Gasteiger charge is -2.13. The molecule has 31 heavy (non-hydrogen) atoms. The number of aromatic nitrogens is 2. The van der Waals surface area contributed by atoms with Crippen LogP contribution in [-0.2, 0) is 13.6 Å². The Kier molecular flexibility index (Phi) is 5.77. The first kappa shape index (κ1) is 20.7. The van der Waals surface area contributed by atoms with Gasteiger partial charge < -0.3 is 19.4 Å². The van der Waals surface area contributed by atoms with E-state index in [0.29, 0.717) is 29.7 Å². The van der Waals surface area contributed by atoms with Gasteiger partial charge in [0, 0.05) is 44.0 Å². The first-order valence-corrected chi connectivity index (χ1v) is 9.94. The molecule has 4 rings (SSSR count). The van der Waals surface area contributed by atoms with E-state index in [1.165, 1.54) is 24.4 Å². The molecule has 2 aromatic carbocycles. The molecule has 1 aromatic heterocycles. The molecular formula is C21H19ClN4O5. The maximum atomic E-state index is 12.6. The van der Waals surface area contributed by atoms with Crippen LogP contribution in [0.1, 0.15) is 28.2 Å². The summed E-state index contributed by atoms with van der Waals surface area (Å²) in [6.07, 6.45) is 3.89. The van der Waals surface area contributed by atoms with Gasteiger partial charge in [-0.2, -0.15) is 0 Å². The number of carbonyl (C=O) groups excluding carboxylic acids is 1. The van der Waals surface area contributed by atoms with Crippen LogP contribution in [0.5, 0.6) is 11.5 Å². The van der Waals surface area contributed by atoms with Gasteiger partial charge in [0.25, 0.3) is 5.69 Å². The fourth-order valence-corrected chi connectivity index (χ4v) is 3.56. The van der Waals surface area contributed by atoms with Gasteiger partial charge in [-0.05, 0) is 29.8 Å². The molecule has 0 bridgehead atoms. The minimum atomic E-state index is -0.529. The van der Waals surface area contributed by atoms with Crippen molar-refractivity contribution < 1.29 is 19.2 Å². The minimum absolute atomic E-state index is 0.185. The summed E-state index contributed by atoms with van der Waals surface area (Å²) in [7, 11) is 1.69. The molecule has 2 heterocycles. The third-order valence-electron chi connectivity index (χ3n) is 4.83. The van der Waals surface area contributed by atoms with Crippen molar-refractivity contribution in [1.29, 1.82) is 0 Å². The van der Waals surface area contributed by atoms with Gasteiger partial charge >= 0.3 is 0 Å². The summed E-state index contributed by atoms with van der Waals surface area (Å²) >= 11 is 6.31. The van der Waals surface area contributed by atoms with Crippen LogP contribution in [0.3, 0.4) is 0 Å². The summed E-state index contributed by atoms with van der Waals surface area (Å²) in [6, 6.07) is 7.82. The number of rotatable bonds is 6. The van der Waals surface area contributed by atoms with Gasteiger partial charge in [-0.3, -0.25) is 14.9 Å². The van der Waals surface area contributed by atoms with E-state index in [1.807, 2.05) is 0 Å². The highest BCUT2D eigenvalue weighted by Gasteiger charge is 2.21. The third-order valence-corrected chi connectivity index (χ3v) is 5.11. The van der Waals surface area contributed by atoms with E-state index in [-0.39, 0.29) is 29.3 Å². The fraction of sp³-hybridized carbons (Fsp3) is 0.238. The Morgan fingerprint density at radius 3 is 2.84 bits per heavy atom. The normalized spacial score (nSPS) is 12.8. The molecule has 1 aliphatic rings. The number of ether oxygens (including phenoxy) is 2. The van der Waals surface area contributed by atoms with Crippen LogP contribution in [0, 0.1) is 10.1 Å². The second-order valence-electron chi connectivity index (χ2n) is 6.99. The molecule has 0 aliphatic carbocycles. The van der Waals surface area contributed by atoms with Gasteiger partial charge in [-0.1, -0.05) is 11.6 Å². The molecule has 0 unspecified atom stereocenters. The number of benzene rings is 2. The smallest absolute Gasteiger partial charge is 0.293 e. The molecule has 1 N–H and O–H groups in total. The van der Waals surface area contributed by atoms with Gasteiger partial charge in [-0.15, -0.1) is 0 Å². The first-order valence-electron chi connectivity index (χ1n) is 9.56. The number of hydrogen-bond donors (Lipinski definition) is 1. The van der Waals surface area contributed by atoms with E-state index in [0.717, 1.165) is 12.0 Å². The van der Waals surface area contributed by atoms with Crippen LogP contribution < -0.4 is 14.8 Å². The highest BCUT2D eigenvalue weighted by Crippen LogP contribution is 2.38. The molecule has 0 spiro atoms. The quantitative estimate of drug-likeness (QED) is 0.349. The van der Waals surface area contributed by atoms with Crippen LogP contribution in [0.25, 0.3) is 0 Å². The fourth-order valence-electron chi connectivity index (χ4n) is 3.27. The van der Waals surface area contributed by atoms with Gasteiger partial charge in [-0.25, -0.2) is 4.98 Å². The number of halogens is 1. The molecule has 0 fully saturated rings. The predicted molar refractivity (Wildman–Crippen MR) is 114 cm³/mol. The number of hydrogen-bond acceptors (Lipinski definition) is 7. The molecule has 0 amide bonds. The number of carbonyl (C=O) groups is 1. The van der Waals surface area contributed by atoms with E-state index in [9.17, 15) is 14.9 Å². The van der Waals surface area contributed by atoms with Crippen molar-refractivity contribution in [3.05, 3.63) is 74.8 Å². The van der Waals surface area contributed by atoms with Crippen LogP contribution in [0.15, 0.2) is 42.7 Å². The molecule has 0 radical (unpaired) electrons. The Labute approximate surface area is 182 Å². The second kappa shape index (κ2) is 8.65. The number of anilines is 1. The largest absolute Gasteiger partial charge is 0.489 e. The number of nitro groups is 1. The summed E-state index contributed by atoms with van der Waals surface area (Å²) in [4.78, 5) is 27.7. The van der Waals surface area contributed by atoms with E-state index in [2.05, 4.69) is 10.3 Å². The second-order valence-corrected chi connectivity index (χ2v) is 7.40. The van der Waals surface area contributed by atoms with Crippen LogP contribution in [-0.4, -0.2) is 33.5 Å². The Morgan fingerprint density at radius 2 is 2.10 bits per heavy atom. The average Bonchev–Trinajstić information content (AvgIpc) is 3.03. The van der Waals surface area contributed by atoms with Gasteiger partial charge in [0.15, 0.2) is 17.3 Å². The van der Waals surface area contributed by atoms with E-state index in [1.54, 1.807) is 29.9 Å². The lowest BCUT2D eigenvalue weighted by atomic mass is 10.1. The Balaban J connectivity index is 1.57. The Morgan fingerprint density at radius 1 is 1.29 bits per heavy atom. The van der Waals surface area contributed by atoms with E-state index >= 15 is 0 Å². The number of nitro benzene ring substituents is 1. The van der Waals surface area contributed by atoms with Gasteiger partial charge in [0.2, 0.25) is 5.78 Å². The van der Waals surface area contributed by atoms with Crippen molar-refractivity contribution >= 4 is 28.8 Å². The topological polar surface area (TPSA) is 109 Å². The summed E-state index contributed by atoms with van der Waals surface area (Å²) in [5.41, 5.74) is 1.03. The summed E-state index contributed by atoms with van der Waals surface area (Å²) in [6.45, 7) is 1.32. The van der Waals surface area contributed by atoms with E-state index < -0.39 is 10.7 Å². The number of aryl methyl sites for hydroxylation is 1. The van der Waals surface area contributed by atoms with Crippen molar-refractivity contribution in [2.24, 2.45) is 7.05 Å². The van der Waals surface area contributed by atoms with Crippen molar-refractivity contribution in [1.82, 2.24) is 9.55 Å². The standard InChI is InChI=1S/C21H19ClN4O5/c1-25-6-5-23-21(25)19(27)14-3-4-16(17(11-14)26(28)29)24-12-13-9-15(22)20-18(10-13)30-7-2-8-31-20/h3-6,9-11,24H,2,7-8,12H2,1H3. The molecule has 0 saturated heterocycles. The summed E-state index contributed by atoms with van der Waals surface area (Å²) < 4.78 is 12.9. The molecule has 0 atom stereocenters. The Hall–Kier alpha value is -3.59. The Bertz CT molecular complexity index is 1160. The summed E-state index contributed by atoms with van der Waals surface area (Å²) in [5, 5.41) is 15.1. The molecule has 10 heteroatoms. The van der Waals surface area contributed by atoms with Crippen LogP contribution in [0.2, 0.25) is 5.02 Å². The SMILES string of the molecule is Cn1ccnc1C(=O)c1ccc(NCc2cc(Cl)c3c(c2)OCCCO3)c([N+](=O)[O-])c1. The van der Waals surface area contributed by atoms with E-state index in [4.69, 9.17) is 21.1 Å². The third kappa shape index (κ3) is 4.31. The lowest BCUT2D eigenvalue weighted by Crippen LogP contribution is -2.10. The van der Waals surface area contributed by atoms with Crippen molar-refractivity contribution in [3.8, 4) is 11.5 Å². The maximum absolute atomic E-state index is 12.6.